The van der Waals surface area contributed by atoms with Crippen molar-refractivity contribution in [3.63, 3.8) is 0 Å². The van der Waals surface area contributed by atoms with Crippen LogP contribution in [0.25, 0.3) is 0 Å². The molecular formula is C59H74N10. The van der Waals surface area contributed by atoms with E-state index in [0.717, 1.165) is 156 Å². The Balaban J connectivity index is 1.57. The Hall–Kier alpha value is -6.55. The van der Waals surface area contributed by atoms with E-state index in [1.807, 2.05) is 37.2 Å². The second-order valence-electron chi connectivity index (χ2n) is 18.3. The Labute approximate surface area is 412 Å². The van der Waals surface area contributed by atoms with E-state index in [4.69, 9.17) is 34.9 Å². The van der Waals surface area contributed by atoms with Gasteiger partial charge in [-0.05, 0) is 183 Å². The Kier molecular flexibility index (Phi) is 19.2. The minimum Gasteiger partial charge on any atom is -0.279 e. The normalized spacial score (nSPS) is 11.2. The maximum Gasteiger partial charge on any atom is 0.144 e. The van der Waals surface area contributed by atoms with E-state index in [2.05, 4.69) is 141 Å². The van der Waals surface area contributed by atoms with Crippen LogP contribution in [0.5, 0.6) is 0 Å². The number of unbranched alkanes of at least 4 members (excludes halogenated alkanes) is 6. The van der Waals surface area contributed by atoms with E-state index in [9.17, 15) is 0 Å². The molecule has 0 fully saturated rings. The van der Waals surface area contributed by atoms with Gasteiger partial charge in [-0.25, -0.2) is 34.9 Å². The summed E-state index contributed by atoms with van der Waals surface area (Å²) < 4.78 is 0. The highest BCUT2D eigenvalue weighted by atomic mass is 15.3. The van der Waals surface area contributed by atoms with Gasteiger partial charge in [0, 0.05) is 49.3 Å². The third-order valence-corrected chi connectivity index (χ3v) is 12.6. The Morgan fingerprint density at radius 2 is 0.493 bits per heavy atom. The van der Waals surface area contributed by atoms with Gasteiger partial charge in [-0.1, -0.05) is 80.1 Å². The van der Waals surface area contributed by atoms with Crippen LogP contribution in [0.15, 0.2) is 122 Å². The fraction of sp³-hybridized carbons (Fsp3) is 0.407. The van der Waals surface area contributed by atoms with Gasteiger partial charge < -0.3 is 0 Å². The third kappa shape index (κ3) is 13.8. The van der Waals surface area contributed by atoms with Gasteiger partial charge in [0.1, 0.15) is 46.5 Å². The Bertz CT molecular complexity index is 2210. The van der Waals surface area contributed by atoms with Gasteiger partial charge in [0.05, 0.1) is 5.69 Å². The lowest BCUT2D eigenvalue weighted by molar-refractivity contribution is 0.792. The van der Waals surface area contributed by atoms with Crippen molar-refractivity contribution < 1.29 is 0 Å². The number of anilines is 9. The van der Waals surface area contributed by atoms with E-state index in [1.54, 1.807) is 0 Å². The number of hydrogen-bond acceptors (Lipinski definition) is 10. The zero-order valence-corrected chi connectivity index (χ0v) is 42.2. The molecule has 0 unspecified atom stereocenters. The van der Waals surface area contributed by atoms with E-state index in [-0.39, 0.29) is 0 Å². The third-order valence-electron chi connectivity index (χ3n) is 12.6. The van der Waals surface area contributed by atoms with Crippen molar-refractivity contribution in [2.75, 3.05) is 14.7 Å². The molecule has 360 valence electrons. The van der Waals surface area contributed by atoms with E-state index >= 15 is 0 Å². The number of pyridine rings is 7. The molecule has 69 heavy (non-hydrogen) atoms. The van der Waals surface area contributed by atoms with Crippen molar-refractivity contribution in [1.29, 1.82) is 0 Å². The molecule has 0 N–H and O–H groups in total. The van der Waals surface area contributed by atoms with Gasteiger partial charge in [0.15, 0.2) is 0 Å². The molecule has 0 radical (unpaired) electrons. The summed E-state index contributed by atoms with van der Waals surface area (Å²) in [4.78, 5) is 42.8. The van der Waals surface area contributed by atoms with Crippen LogP contribution in [0.1, 0.15) is 152 Å². The monoisotopic (exact) mass is 923 g/mol. The lowest BCUT2D eigenvalue weighted by Gasteiger charge is -2.30. The maximum absolute atomic E-state index is 5.72. The van der Waals surface area contributed by atoms with E-state index < -0.39 is 0 Å². The predicted octanol–water partition coefficient (Wildman–Crippen LogP) is 15.9. The molecule has 7 aromatic rings. The Morgan fingerprint density at radius 3 is 0.710 bits per heavy atom. The first-order chi connectivity index (χ1) is 33.9. The molecule has 0 aromatic carbocycles. The number of hydrogen-bond donors (Lipinski definition) is 0. The van der Waals surface area contributed by atoms with Gasteiger partial charge in [-0.15, -0.1) is 0 Å². The summed E-state index contributed by atoms with van der Waals surface area (Å²) in [6, 6.07) is 30.4. The van der Waals surface area contributed by atoms with Crippen molar-refractivity contribution in [2.45, 2.75) is 157 Å². The van der Waals surface area contributed by atoms with Crippen LogP contribution in [0, 0.1) is 0 Å². The first-order valence-electron chi connectivity index (χ1n) is 26.1. The summed E-state index contributed by atoms with van der Waals surface area (Å²) in [6.07, 6.45) is 30.4. The topological polar surface area (TPSA) is 100.0 Å². The van der Waals surface area contributed by atoms with Crippen molar-refractivity contribution in [3.05, 3.63) is 155 Å². The van der Waals surface area contributed by atoms with Crippen LogP contribution < -0.4 is 14.7 Å². The first kappa shape index (κ1) is 50.3. The molecule has 7 aromatic heterocycles. The molecule has 10 nitrogen and oxygen atoms in total. The molecule has 0 aliphatic carbocycles. The lowest BCUT2D eigenvalue weighted by Crippen LogP contribution is -2.21. The van der Waals surface area contributed by atoms with Crippen LogP contribution in [-0.4, -0.2) is 34.9 Å². The van der Waals surface area contributed by atoms with Gasteiger partial charge >= 0.3 is 0 Å². The Morgan fingerprint density at radius 1 is 0.275 bits per heavy atom. The molecule has 7 heterocycles. The molecule has 0 amide bonds. The molecule has 10 heteroatoms. The highest BCUT2D eigenvalue weighted by molar-refractivity contribution is 5.83. The fourth-order valence-electron chi connectivity index (χ4n) is 8.65. The highest BCUT2D eigenvalue weighted by Gasteiger charge is 2.27. The smallest absolute Gasteiger partial charge is 0.144 e. The number of aryl methyl sites for hydroxylation is 6. The largest absolute Gasteiger partial charge is 0.279 e. The average Bonchev–Trinajstić information content (AvgIpc) is 3.38. The SMILES string of the molecule is CCCCc1ccnc(N(c2cc(N(c3cc(CCCC)ccn3)c3cc(CCCC)ccn3)nc(N(c3cc(CCCC)ccn3)c3cc(CCCC)ccn3)c2)c2cc(CCCC)ccn2)c1. The quantitative estimate of drug-likeness (QED) is 0.0496. The highest BCUT2D eigenvalue weighted by Crippen LogP contribution is 2.43. The second kappa shape index (κ2) is 26.3. The van der Waals surface area contributed by atoms with Crippen LogP contribution in [0.2, 0.25) is 0 Å². The summed E-state index contributed by atoms with van der Waals surface area (Å²) in [5.74, 6) is 5.84. The van der Waals surface area contributed by atoms with Crippen molar-refractivity contribution in [1.82, 2.24) is 34.9 Å². The molecule has 0 atom stereocenters. The molecule has 0 spiro atoms. The maximum atomic E-state index is 5.72. The summed E-state index contributed by atoms with van der Waals surface area (Å²) >= 11 is 0. The molecule has 0 aliphatic heterocycles. The van der Waals surface area contributed by atoms with Gasteiger partial charge in [0.25, 0.3) is 0 Å². The van der Waals surface area contributed by atoms with Crippen LogP contribution >= 0.6 is 0 Å². The standard InChI is InChI=1S/C59H74N10/c1-7-13-19-45-25-31-60-52(37-45)67(53-38-46(20-14-8-2)26-32-61-53)51-43-58(68(54-39-47(21-15-9-3)27-33-62-54)55-40-48(22-16-10-4)28-34-63-55)66-59(44-51)69(56-41-49(23-17-11-5)29-35-64-56)57-42-50(24-18-12-6)30-36-65-57/h25-44H,7-24H2,1-6H3. The van der Waals surface area contributed by atoms with E-state index in [1.165, 1.54) is 33.4 Å². The van der Waals surface area contributed by atoms with Gasteiger partial charge in [-0.3, -0.25) is 14.7 Å². The summed E-state index contributed by atoms with van der Waals surface area (Å²) in [6.45, 7) is 13.4. The zero-order chi connectivity index (χ0) is 48.2. The minimum absolute atomic E-state index is 0.645. The van der Waals surface area contributed by atoms with Crippen LogP contribution in [0.3, 0.4) is 0 Å². The fourth-order valence-corrected chi connectivity index (χ4v) is 8.65. The molecule has 0 bridgehead atoms. The van der Waals surface area contributed by atoms with Crippen molar-refractivity contribution >= 4 is 52.2 Å². The number of rotatable bonds is 27. The minimum atomic E-state index is 0.645. The summed E-state index contributed by atoms with van der Waals surface area (Å²) in [7, 11) is 0. The second-order valence-corrected chi connectivity index (χ2v) is 18.3. The first-order valence-corrected chi connectivity index (χ1v) is 26.1. The molecule has 0 aliphatic rings. The lowest BCUT2D eigenvalue weighted by atomic mass is 10.1. The molecule has 0 saturated heterocycles. The van der Waals surface area contributed by atoms with Crippen LogP contribution in [-0.2, 0) is 38.5 Å². The predicted molar refractivity (Wildman–Crippen MR) is 287 cm³/mol. The van der Waals surface area contributed by atoms with Crippen LogP contribution in [0.4, 0.5) is 52.2 Å². The zero-order valence-electron chi connectivity index (χ0n) is 42.2. The molecular weight excluding hydrogens is 849 g/mol. The van der Waals surface area contributed by atoms with Crippen molar-refractivity contribution in [2.24, 2.45) is 0 Å². The summed E-state index contributed by atoms with van der Waals surface area (Å²) in [5, 5.41) is 0. The van der Waals surface area contributed by atoms with Gasteiger partial charge in [-0.2, -0.15) is 0 Å². The average molecular weight is 923 g/mol. The number of nitrogens with zero attached hydrogens (tertiary/aromatic N) is 10. The van der Waals surface area contributed by atoms with Gasteiger partial charge in [0.2, 0.25) is 0 Å². The molecule has 0 saturated carbocycles. The van der Waals surface area contributed by atoms with E-state index in [0.29, 0.717) is 11.6 Å². The molecule has 7 rings (SSSR count). The summed E-state index contributed by atoms with van der Waals surface area (Å²) in [5.41, 5.74) is 8.17. The van der Waals surface area contributed by atoms with Crippen molar-refractivity contribution in [3.8, 4) is 0 Å². The number of aromatic nitrogens is 7.